The summed E-state index contributed by atoms with van der Waals surface area (Å²) >= 11 is 0. The van der Waals surface area contributed by atoms with Crippen molar-refractivity contribution in [1.29, 1.82) is 0 Å². The van der Waals surface area contributed by atoms with Gasteiger partial charge in [-0.1, -0.05) is 68.3 Å². The molecular weight excluding hydrogens is 143 g/mol. The van der Waals surface area contributed by atoms with Crippen molar-refractivity contribution in [2.24, 2.45) is 0 Å². The maximum absolute atomic E-state index is 2.33. The molecule has 1 aromatic carbocycles. The first-order chi connectivity index (χ1) is 5.64. The average Bonchev–Trinajstić information content (AvgIpc) is 2.06. The van der Waals surface area contributed by atoms with Gasteiger partial charge in [0, 0.05) is 0 Å². The van der Waals surface area contributed by atoms with E-state index >= 15 is 0 Å². The van der Waals surface area contributed by atoms with Crippen molar-refractivity contribution < 1.29 is 0 Å². The van der Waals surface area contributed by atoms with Gasteiger partial charge in [0.05, 0.1) is 0 Å². The predicted molar refractivity (Wildman–Crippen MR) is 56.2 cm³/mol. The van der Waals surface area contributed by atoms with Crippen LogP contribution < -0.4 is 5.46 Å². The molecule has 0 atom stereocenters. The van der Waals surface area contributed by atoms with E-state index in [0.29, 0.717) is 5.31 Å². The van der Waals surface area contributed by atoms with Crippen LogP contribution in [0.4, 0.5) is 0 Å². The first kappa shape index (κ1) is 9.37. The largest absolute Gasteiger partial charge is 0.158 e. The molecule has 1 radical (unpaired) electrons. The van der Waals surface area contributed by atoms with Gasteiger partial charge in [-0.3, -0.25) is 0 Å². The SMILES string of the molecule is CCC(C)(C)[B]c1ccccc1. The number of hydrogen-bond donors (Lipinski definition) is 0. The van der Waals surface area contributed by atoms with E-state index in [9.17, 15) is 0 Å². The molecule has 12 heavy (non-hydrogen) atoms. The summed E-state index contributed by atoms with van der Waals surface area (Å²) < 4.78 is 0. The van der Waals surface area contributed by atoms with Crippen LogP contribution in [0.15, 0.2) is 30.3 Å². The van der Waals surface area contributed by atoms with Gasteiger partial charge in [0.25, 0.3) is 0 Å². The van der Waals surface area contributed by atoms with Crippen molar-refractivity contribution in [2.75, 3.05) is 0 Å². The molecule has 0 N–H and O–H groups in total. The highest BCUT2D eigenvalue weighted by Gasteiger charge is 2.16. The molecule has 0 saturated heterocycles. The Kier molecular flexibility index (Phi) is 2.96. The minimum absolute atomic E-state index is 0.321. The van der Waals surface area contributed by atoms with Crippen LogP contribution in [0.3, 0.4) is 0 Å². The minimum atomic E-state index is 0.321. The van der Waals surface area contributed by atoms with Crippen molar-refractivity contribution in [2.45, 2.75) is 32.5 Å². The molecule has 0 heterocycles. The summed E-state index contributed by atoms with van der Waals surface area (Å²) in [5.41, 5.74) is 1.32. The number of hydrogen-bond acceptors (Lipinski definition) is 0. The summed E-state index contributed by atoms with van der Waals surface area (Å²) in [6.07, 6.45) is 1.18. The van der Waals surface area contributed by atoms with Gasteiger partial charge in [-0.15, -0.1) is 0 Å². The minimum Gasteiger partial charge on any atom is -0.0872 e. The van der Waals surface area contributed by atoms with E-state index in [1.54, 1.807) is 0 Å². The molecule has 0 amide bonds. The van der Waals surface area contributed by atoms with Gasteiger partial charge < -0.3 is 0 Å². The highest BCUT2D eigenvalue weighted by Crippen LogP contribution is 2.25. The summed E-state index contributed by atoms with van der Waals surface area (Å²) in [6.45, 7) is 6.75. The highest BCUT2D eigenvalue weighted by molar-refractivity contribution is 6.56. The molecule has 0 spiro atoms. The molecule has 1 heteroatoms. The Morgan fingerprint density at radius 1 is 1.17 bits per heavy atom. The van der Waals surface area contributed by atoms with E-state index in [2.05, 4.69) is 58.4 Å². The molecule has 0 saturated carbocycles. The molecule has 0 aliphatic rings. The predicted octanol–water partition coefficient (Wildman–Crippen LogP) is 2.62. The van der Waals surface area contributed by atoms with Crippen LogP contribution in [0.5, 0.6) is 0 Å². The Morgan fingerprint density at radius 2 is 1.75 bits per heavy atom. The smallest absolute Gasteiger partial charge is 0.0872 e. The molecule has 1 rings (SSSR count). The maximum Gasteiger partial charge on any atom is 0.158 e. The van der Waals surface area contributed by atoms with Crippen LogP contribution in [0.1, 0.15) is 27.2 Å². The molecule has 0 aliphatic heterocycles. The van der Waals surface area contributed by atoms with Crippen molar-refractivity contribution in [3.8, 4) is 0 Å². The lowest BCUT2D eigenvalue weighted by Crippen LogP contribution is -2.24. The zero-order valence-corrected chi connectivity index (χ0v) is 8.17. The fourth-order valence-corrected chi connectivity index (χ4v) is 1.10. The van der Waals surface area contributed by atoms with Crippen molar-refractivity contribution in [1.82, 2.24) is 0 Å². The maximum atomic E-state index is 2.33. The summed E-state index contributed by atoms with van der Waals surface area (Å²) in [7, 11) is 2.33. The van der Waals surface area contributed by atoms with E-state index in [1.165, 1.54) is 11.9 Å². The quantitative estimate of drug-likeness (QED) is 0.594. The van der Waals surface area contributed by atoms with E-state index in [0.717, 1.165) is 0 Å². The van der Waals surface area contributed by atoms with E-state index < -0.39 is 0 Å². The van der Waals surface area contributed by atoms with Crippen molar-refractivity contribution >= 4 is 12.7 Å². The Bertz CT molecular complexity index is 226. The summed E-state index contributed by atoms with van der Waals surface area (Å²) in [6, 6.07) is 10.5. The summed E-state index contributed by atoms with van der Waals surface area (Å²) in [5, 5.41) is 0.321. The summed E-state index contributed by atoms with van der Waals surface area (Å²) in [4.78, 5) is 0. The van der Waals surface area contributed by atoms with Crippen LogP contribution in [0.25, 0.3) is 0 Å². The van der Waals surface area contributed by atoms with Gasteiger partial charge in [0.15, 0.2) is 7.28 Å². The lowest BCUT2D eigenvalue weighted by molar-refractivity contribution is 0.648. The summed E-state index contributed by atoms with van der Waals surface area (Å²) in [5.74, 6) is 0. The monoisotopic (exact) mass is 159 g/mol. The first-order valence-corrected chi connectivity index (χ1v) is 4.55. The van der Waals surface area contributed by atoms with Gasteiger partial charge in [-0.05, 0) is 0 Å². The third kappa shape index (κ3) is 2.73. The molecule has 0 aliphatic carbocycles. The Hall–Kier alpha value is -0.715. The Morgan fingerprint density at radius 3 is 2.25 bits per heavy atom. The second-order valence-electron chi connectivity index (χ2n) is 3.90. The fraction of sp³-hybridized carbons (Fsp3) is 0.455. The first-order valence-electron chi connectivity index (χ1n) is 4.55. The molecule has 0 aromatic heterocycles. The second kappa shape index (κ2) is 3.80. The van der Waals surface area contributed by atoms with Gasteiger partial charge in [-0.25, -0.2) is 0 Å². The lowest BCUT2D eigenvalue weighted by Gasteiger charge is -2.20. The molecule has 0 bridgehead atoms. The molecule has 1 aromatic rings. The zero-order chi connectivity index (χ0) is 9.03. The molecule has 0 fully saturated rings. The van der Waals surface area contributed by atoms with E-state index in [-0.39, 0.29) is 0 Å². The van der Waals surface area contributed by atoms with Gasteiger partial charge >= 0.3 is 0 Å². The highest BCUT2D eigenvalue weighted by atomic mass is 14.1. The molecule has 0 unspecified atom stereocenters. The number of rotatable bonds is 3. The van der Waals surface area contributed by atoms with Crippen LogP contribution in [0, 0.1) is 0 Å². The third-order valence-corrected chi connectivity index (χ3v) is 2.27. The van der Waals surface area contributed by atoms with Gasteiger partial charge in [0.1, 0.15) is 0 Å². The van der Waals surface area contributed by atoms with Crippen LogP contribution >= 0.6 is 0 Å². The van der Waals surface area contributed by atoms with Crippen molar-refractivity contribution in [3.05, 3.63) is 30.3 Å². The lowest BCUT2D eigenvalue weighted by atomic mass is 9.49. The van der Waals surface area contributed by atoms with Crippen LogP contribution in [-0.2, 0) is 0 Å². The zero-order valence-electron chi connectivity index (χ0n) is 8.17. The molecule has 0 nitrogen and oxygen atoms in total. The Balaban J connectivity index is 2.64. The topological polar surface area (TPSA) is 0 Å². The third-order valence-electron chi connectivity index (χ3n) is 2.27. The molecule has 63 valence electrons. The van der Waals surface area contributed by atoms with Crippen LogP contribution in [0.2, 0.25) is 5.31 Å². The van der Waals surface area contributed by atoms with Crippen molar-refractivity contribution in [3.63, 3.8) is 0 Å². The normalized spacial score (nSPS) is 11.2. The van der Waals surface area contributed by atoms with Crippen LogP contribution in [-0.4, -0.2) is 7.28 Å². The fourth-order valence-electron chi connectivity index (χ4n) is 1.10. The van der Waals surface area contributed by atoms with E-state index in [4.69, 9.17) is 0 Å². The number of benzene rings is 1. The average molecular weight is 159 g/mol. The van der Waals surface area contributed by atoms with Gasteiger partial charge in [-0.2, -0.15) is 0 Å². The Labute approximate surface area is 76.2 Å². The van der Waals surface area contributed by atoms with Gasteiger partial charge in [0.2, 0.25) is 0 Å². The van der Waals surface area contributed by atoms with E-state index in [1.807, 2.05) is 0 Å². The molecular formula is C11H16B. The second-order valence-corrected chi connectivity index (χ2v) is 3.90. The standard InChI is InChI=1S/C11H16B/c1-4-11(2,3)12-10-8-6-5-7-9-10/h5-9H,4H2,1-3H3.